The van der Waals surface area contributed by atoms with Gasteiger partial charge in [0.1, 0.15) is 0 Å². The summed E-state index contributed by atoms with van der Waals surface area (Å²) >= 11 is 0. The molecule has 1 atom stereocenters. The second kappa shape index (κ2) is 5.01. The summed E-state index contributed by atoms with van der Waals surface area (Å²) in [5, 5.41) is 11.9. The van der Waals surface area contributed by atoms with Crippen molar-refractivity contribution in [1.82, 2.24) is 5.32 Å². The zero-order valence-electron chi connectivity index (χ0n) is 10.7. The number of carbonyl (C=O) groups excluding carboxylic acids is 1. The molecule has 0 aliphatic heterocycles. The maximum absolute atomic E-state index is 10.9. The van der Waals surface area contributed by atoms with Gasteiger partial charge in [-0.2, -0.15) is 5.26 Å². The molecule has 0 fully saturated rings. The molecule has 0 heterocycles. The normalized spacial score (nSPS) is 12.6. The zero-order chi connectivity index (χ0) is 13.1. The van der Waals surface area contributed by atoms with Crippen molar-refractivity contribution in [2.75, 3.05) is 0 Å². The number of nitriles is 1. The minimum absolute atomic E-state index is 0.00764. The van der Waals surface area contributed by atoms with E-state index in [0.717, 1.165) is 11.1 Å². The highest BCUT2D eigenvalue weighted by Crippen LogP contribution is 2.23. The van der Waals surface area contributed by atoms with E-state index in [2.05, 4.69) is 11.4 Å². The SMILES string of the molecule is CC(=O)NC(C)c1ccc(C(C)(C)C#N)cc1. The molecule has 1 unspecified atom stereocenters. The fourth-order valence-corrected chi connectivity index (χ4v) is 1.64. The summed E-state index contributed by atoms with van der Waals surface area (Å²) < 4.78 is 0. The molecule has 0 aliphatic rings. The van der Waals surface area contributed by atoms with Gasteiger partial charge < -0.3 is 5.32 Å². The Kier molecular flexibility index (Phi) is 3.90. The minimum Gasteiger partial charge on any atom is -0.350 e. The zero-order valence-corrected chi connectivity index (χ0v) is 10.7. The molecule has 0 saturated heterocycles. The van der Waals surface area contributed by atoms with Crippen LogP contribution in [0.4, 0.5) is 0 Å². The van der Waals surface area contributed by atoms with E-state index in [1.165, 1.54) is 6.92 Å². The molecule has 0 spiro atoms. The Balaban J connectivity index is 2.89. The van der Waals surface area contributed by atoms with Gasteiger partial charge >= 0.3 is 0 Å². The number of rotatable bonds is 3. The highest BCUT2D eigenvalue weighted by molar-refractivity contribution is 5.73. The van der Waals surface area contributed by atoms with Gasteiger partial charge in [0.05, 0.1) is 17.5 Å². The third-order valence-electron chi connectivity index (χ3n) is 2.83. The van der Waals surface area contributed by atoms with Crippen molar-refractivity contribution in [3.63, 3.8) is 0 Å². The first-order chi connectivity index (χ1) is 7.86. The van der Waals surface area contributed by atoms with Crippen molar-refractivity contribution in [2.24, 2.45) is 0 Å². The predicted molar refractivity (Wildman–Crippen MR) is 67.3 cm³/mol. The van der Waals surface area contributed by atoms with Gasteiger partial charge in [-0.1, -0.05) is 24.3 Å². The average Bonchev–Trinajstić information content (AvgIpc) is 2.28. The van der Waals surface area contributed by atoms with Crippen molar-refractivity contribution >= 4 is 5.91 Å². The van der Waals surface area contributed by atoms with Gasteiger partial charge in [-0.25, -0.2) is 0 Å². The van der Waals surface area contributed by atoms with Crippen molar-refractivity contribution in [3.05, 3.63) is 35.4 Å². The third kappa shape index (κ3) is 3.32. The van der Waals surface area contributed by atoms with Crippen LogP contribution in [0.5, 0.6) is 0 Å². The molecule has 0 aliphatic carbocycles. The molecule has 1 N–H and O–H groups in total. The summed E-state index contributed by atoms with van der Waals surface area (Å²) in [7, 11) is 0. The summed E-state index contributed by atoms with van der Waals surface area (Å²) in [6.07, 6.45) is 0. The molecule has 0 aromatic heterocycles. The van der Waals surface area contributed by atoms with Crippen molar-refractivity contribution < 1.29 is 4.79 Å². The smallest absolute Gasteiger partial charge is 0.217 e. The Hall–Kier alpha value is -1.82. The van der Waals surface area contributed by atoms with E-state index in [-0.39, 0.29) is 11.9 Å². The van der Waals surface area contributed by atoms with Gasteiger partial charge in [0.15, 0.2) is 0 Å². The Morgan fingerprint density at radius 1 is 1.35 bits per heavy atom. The lowest BCUT2D eigenvalue weighted by Crippen LogP contribution is -2.23. The van der Waals surface area contributed by atoms with Crippen LogP contribution in [0.25, 0.3) is 0 Å². The van der Waals surface area contributed by atoms with E-state index in [1.54, 1.807) is 0 Å². The molecule has 17 heavy (non-hydrogen) atoms. The maximum atomic E-state index is 10.9. The summed E-state index contributed by atoms with van der Waals surface area (Å²) in [6, 6.07) is 10.1. The van der Waals surface area contributed by atoms with Crippen LogP contribution in [-0.4, -0.2) is 5.91 Å². The molecule has 0 radical (unpaired) electrons. The van der Waals surface area contributed by atoms with Crippen LogP contribution in [0, 0.1) is 11.3 Å². The highest BCUT2D eigenvalue weighted by atomic mass is 16.1. The first kappa shape index (κ1) is 13.2. The second-order valence-corrected chi connectivity index (χ2v) is 4.78. The first-order valence-corrected chi connectivity index (χ1v) is 5.65. The molecule has 1 rings (SSSR count). The number of amides is 1. The highest BCUT2D eigenvalue weighted by Gasteiger charge is 2.19. The van der Waals surface area contributed by atoms with E-state index >= 15 is 0 Å². The lowest BCUT2D eigenvalue weighted by Gasteiger charge is -2.18. The van der Waals surface area contributed by atoms with Crippen LogP contribution in [0.15, 0.2) is 24.3 Å². The van der Waals surface area contributed by atoms with Crippen LogP contribution >= 0.6 is 0 Å². The van der Waals surface area contributed by atoms with E-state index in [4.69, 9.17) is 5.26 Å². The molecule has 0 saturated carbocycles. The molecule has 90 valence electrons. The first-order valence-electron chi connectivity index (χ1n) is 5.65. The van der Waals surface area contributed by atoms with E-state index in [9.17, 15) is 4.79 Å². The Morgan fingerprint density at radius 2 is 1.88 bits per heavy atom. The van der Waals surface area contributed by atoms with Crippen molar-refractivity contribution in [3.8, 4) is 6.07 Å². The molecule has 0 bridgehead atoms. The summed E-state index contributed by atoms with van der Waals surface area (Å²) in [4.78, 5) is 10.9. The van der Waals surface area contributed by atoms with E-state index < -0.39 is 5.41 Å². The summed E-state index contributed by atoms with van der Waals surface area (Å²) in [5.41, 5.74) is 1.55. The van der Waals surface area contributed by atoms with Crippen molar-refractivity contribution in [2.45, 2.75) is 39.2 Å². The number of hydrogen-bond acceptors (Lipinski definition) is 2. The van der Waals surface area contributed by atoms with Gasteiger partial charge in [-0.15, -0.1) is 0 Å². The molecule has 3 nitrogen and oxygen atoms in total. The summed E-state index contributed by atoms with van der Waals surface area (Å²) in [5.74, 6) is -0.0427. The van der Waals surface area contributed by atoms with Crippen LogP contribution < -0.4 is 5.32 Å². The third-order valence-corrected chi connectivity index (χ3v) is 2.83. The largest absolute Gasteiger partial charge is 0.350 e. The average molecular weight is 230 g/mol. The summed E-state index contributed by atoms with van der Waals surface area (Å²) in [6.45, 7) is 7.22. The molecule has 1 aromatic carbocycles. The maximum Gasteiger partial charge on any atom is 0.217 e. The van der Waals surface area contributed by atoms with Crippen LogP contribution in [0.2, 0.25) is 0 Å². The van der Waals surface area contributed by atoms with Crippen LogP contribution in [0.1, 0.15) is 44.9 Å². The van der Waals surface area contributed by atoms with Crippen LogP contribution in [0.3, 0.4) is 0 Å². The number of nitrogens with zero attached hydrogens (tertiary/aromatic N) is 1. The van der Waals surface area contributed by atoms with Crippen LogP contribution in [-0.2, 0) is 10.2 Å². The molecular formula is C14H18N2O. The van der Waals surface area contributed by atoms with Gasteiger partial charge in [0.2, 0.25) is 5.91 Å². The monoisotopic (exact) mass is 230 g/mol. The lowest BCUT2D eigenvalue weighted by molar-refractivity contribution is -0.119. The predicted octanol–water partition coefficient (Wildman–Crippen LogP) is 2.68. The van der Waals surface area contributed by atoms with Gasteiger partial charge in [0.25, 0.3) is 0 Å². The molecule has 1 aromatic rings. The Bertz CT molecular complexity index is 440. The molecule has 1 amide bonds. The number of nitrogens with one attached hydrogen (secondary N) is 1. The standard InChI is InChI=1S/C14H18N2O/c1-10(16-11(2)17)12-5-7-13(8-6-12)14(3,4)9-15/h5-8,10H,1-4H3,(H,16,17). The van der Waals surface area contributed by atoms with E-state index in [0.29, 0.717) is 0 Å². The Labute approximate surface area is 102 Å². The number of benzene rings is 1. The Morgan fingerprint density at radius 3 is 2.29 bits per heavy atom. The fraction of sp³-hybridized carbons (Fsp3) is 0.429. The van der Waals surface area contributed by atoms with Crippen molar-refractivity contribution in [1.29, 1.82) is 5.26 Å². The second-order valence-electron chi connectivity index (χ2n) is 4.78. The van der Waals surface area contributed by atoms with Gasteiger partial charge in [-0.05, 0) is 31.9 Å². The molecular weight excluding hydrogens is 212 g/mol. The number of carbonyl (C=O) groups is 1. The fourth-order valence-electron chi connectivity index (χ4n) is 1.64. The quantitative estimate of drug-likeness (QED) is 0.868. The number of hydrogen-bond donors (Lipinski definition) is 1. The topological polar surface area (TPSA) is 52.9 Å². The minimum atomic E-state index is -0.476. The lowest BCUT2D eigenvalue weighted by atomic mass is 9.85. The van der Waals surface area contributed by atoms with Gasteiger partial charge in [-0.3, -0.25) is 4.79 Å². The van der Waals surface area contributed by atoms with Gasteiger partial charge in [0, 0.05) is 6.92 Å². The molecule has 3 heteroatoms. The van der Waals surface area contributed by atoms with E-state index in [1.807, 2.05) is 45.0 Å².